The van der Waals surface area contributed by atoms with Crippen LogP contribution in [0.4, 0.5) is 4.79 Å². The van der Waals surface area contributed by atoms with Crippen LogP contribution >= 0.6 is 0 Å². The topological polar surface area (TPSA) is 312 Å². The number of fused-ring (bicyclic) bond motifs is 5. The van der Waals surface area contributed by atoms with Gasteiger partial charge in [-0.1, -0.05) is 20.8 Å². The molecule has 0 aromatic rings. The van der Waals surface area contributed by atoms with E-state index in [2.05, 4.69) is 26.1 Å². The SMILES string of the molecule is C[C@H](CCC(=O)O)[C@H]1CC[C@H]2[C@@H]3[C@H](O)C[C@@H]4C[C@H](OC(=O)NCCCCC(C(=O)O)N(CCN(CC(=O)O)CC(=O)O)CCN(CC(=O)O)CC(=O)O)CC[C@]4(C)[C@H]3C[C@H](O)[C@]12C. The molecule has 0 bridgehead atoms. The van der Waals surface area contributed by atoms with Gasteiger partial charge in [0.05, 0.1) is 38.4 Å². The molecule has 20 nitrogen and oxygen atoms in total. The second kappa shape index (κ2) is 22.7. The van der Waals surface area contributed by atoms with Crippen molar-refractivity contribution >= 4 is 41.9 Å². The van der Waals surface area contributed by atoms with Crippen LogP contribution in [0.1, 0.15) is 97.8 Å². The van der Waals surface area contributed by atoms with E-state index in [1.807, 2.05) is 0 Å². The Morgan fingerprint density at radius 2 is 1.27 bits per heavy atom. The number of aliphatic hydroxyl groups is 2. The number of unbranched alkanes of at least 4 members (excludes halogenated alkanes) is 1. The van der Waals surface area contributed by atoms with Crippen LogP contribution in [0.15, 0.2) is 0 Å². The number of rotatable bonds is 26. The molecule has 0 aromatic carbocycles. The van der Waals surface area contributed by atoms with Crippen molar-refractivity contribution in [3.8, 4) is 0 Å². The molecule has 4 fully saturated rings. The van der Waals surface area contributed by atoms with Gasteiger partial charge >= 0.3 is 41.9 Å². The zero-order valence-electron chi connectivity index (χ0n) is 36.8. The third-order valence-corrected chi connectivity index (χ3v) is 15.3. The van der Waals surface area contributed by atoms with Gasteiger partial charge in [0.2, 0.25) is 0 Å². The molecule has 0 aromatic heterocycles. The number of amides is 1. The fourth-order valence-corrected chi connectivity index (χ4v) is 12.2. The first-order chi connectivity index (χ1) is 29.6. The molecule has 0 radical (unpaired) electrons. The first-order valence-electron chi connectivity index (χ1n) is 22.4. The Morgan fingerprint density at radius 1 is 0.698 bits per heavy atom. The zero-order chi connectivity index (χ0) is 46.8. The third-order valence-electron chi connectivity index (χ3n) is 15.3. The van der Waals surface area contributed by atoms with Crippen molar-refractivity contribution in [1.29, 1.82) is 0 Å². The molecule has 0 aliphatic heterocycles. The van der Waals surface area contributed by atoms with Crippen LogP contribution < -0.4 is 5.32 Å². The van der Waals surface area contributed by atoms with Crippen molar-refractivity contribution in [2.24, 2.45) is 46.3 Å². The Bertz CT molecular complexity index is 1560. The molecular weight excluding hydrogens is 828 g/mol. The van der Waals surface area contributed by atoms with Crippen LogP contribution in [0, 0.1) is 46.3 Å². The largest absolute Gasteiger partial charge is 0.481 e. The molecule has 0 heterocycles. The summed E-state index contributed by atoms with van der Waals surface area (Å²) in [4.78, 5) is 85.9. The molecule has 1 unspecified atom stereocenters. The van der Waals surface area contributed by atoms with E-state index in [-0.39, 0.29) is 92.6 Å². The molecule has 4 saturated carbocycles. The molecule has 20 heteroatoms. The van der Waals surface area contributed by atoms with Gasteiger partial charge in [0.15, 0.2) is 0 Å². The summed E-state index contributed by atoms with van der Waals surface area (Å²) in [5, 5.41) is 82.9. The minimum absolute atomic E-state index is 0.0250. The Morgan fingerprint density at radius 3 is 1.79 bits per heavy atom. The number of carbonyl (C=O) groups is 7. The standard InChI is InChI=1S/C43H70N4O16/c1-25(7-10-34(50)51)28-8-9-29-39-30(20-33(49)43(28,29)3)42(2)12-11-27(18-26(42)19-32(39)48)63-41(62)44-13-5-4-6-31(40(60)61)47(16-14-45(21-35(52)53)22-36(54)55)17-15-46(23-37(56)57)24-38(58)59/h25-33,39,48-49H,4-24H2,1-3H3,(H,44,62)(H,50,51)(H,52,53)(H,54,55)(H,56,57)(H,58,59)(H,60,61)/t25-,26+,27-,28-,29+,30+,31?,32-,33+,39+,42+,43-/m1/s1. The highest BCUT2D eigenvalue weighted by Gasteiger charge is 2.66. The average molecular weight is 899 g/mol. The zero-order valence-corrected chi connectivity index (χ0v) is 36.8. The monoisotopic (exact) mass is 898 g/mol. The number of nitrogens with one attached hydrogen (secondary N) is 1. The number of carbonyl (C=O) groups excluding carboxylic acids is 1. The van der Waals surface area contributed by atoms with Gasteiger partial charge in [-0.3, -0.25) is 43.5 Å². The first-order valence-corrected chi connectivity index (χ1v) is 22.4. The number of ether oxygens (including phenoxy) is 1. The summed E-state index contributed by atoms with van der Waals surface area (Å²) in [6.45, 7) is 3.58. The van der Waals surface area contributed by atoms with Crippen molar-refractivity contribution in [1.82, 2.24) is 20.0 Å². The Labute approximate surface area is 367 Å². The van der Waals surface area contributed by atoms with Crippen LogP contribution in [-0.4, -0.2) is 181 Å². The summed E-state index contributed by atoms with van der Waals surface area (Å²) in [5.74, 6) is -6.62. The van der Waals surface area contributed by atoms with Gasteiger partial charge in [-0.2, -0.15) is 0 Å². The summed E-state index contributed by atoms with van der Waals surface area (Å²) in [6, 6.07) is -1.19. The van der Waals surface area contributed by atoms with E-state index in [0.717, 1.165) is 29.1 Å². The molecule has 63 heavy (non-hydrogen) atoms. The fourth-order valence-electron chi connectivity index (χ4n) is 12.2. The highest BCUT2D eigenvalue weighted by atomic mass is 16.6. The van der Waals surface area contributed by atoms with E-state index < -0.39 is 91.8 Å². The first kappa shape index (κ1) is 51.5. The number of nitrogens with zero attached hydrogens (tertiary/aromatic N) is 3. The number of alkyl carbamates (subject to hydrolysis) is 1. The van der Waals surface area contributed by atoms with Gasteiger partial charge < -0.3 is 50.9 Å². The normalized spacial score (nSPS) is 31.0. The van der Waals surface area contributed by atoms with E-state index in [0.29, 0.717) is 44.9 Å². The Hall–Kier alpha value is -4.11. The summed E-state index contributed by atoms with van der Waals surface area (Å²) >= 11 is 0. The highest BCUT2D eigenvalue weighted by Crippen LogP contribution is 2.68. The van der Waals surface area contributed by atoms with Gasteiger partial charge in [-0.25, -0.2) is 4.79 Å². The lowest BCUT2D eigenvalue weighted by molar-refractivity contribution is -0.207. The average Bonchev–Trinajstić information content (AvgIpc) is 3.53. The maximum absolute atomic E-state index is 13.0. The van der Waals surface area contributed by atoms with E-state index in [1.165, 1.54) is 4.90 Å². The predicted octanol–water partition coefficient (Wildman–Crippen LogP) is 2.05. The Kier molecular flexibility index (Phi) is 18.5. The number of hydrogen-bond acceptors (Lipinski definition) is 13. The van der Waals surface area contributed by atoms with Crippen molar-refractivity contribution < 1.29 is 79.2 Å². The lowest BCUT2D eigenvalue weighted by Crippen LogP contribution is -2.62. The molecule has 12 atom stereocenters. The maximum atomic E-state index is 13.0. The van der Waals surface area contributed by atoms with Crippen LogP contribution in [0.5, 0.6) is 0 Å². The quantitative estimate of drug-likeness (QED) is 0.0561. The van der Waals surface area contributed by atoms with Gasteiger partial charge in [-0.05, 0) is 117 Å². The number of aliphatic carboxylic acids is 6. The number of carboxylic acids is 6. The van der Waals surface area contributed by atoms with Gasteiger partial charge in [0.25, 0.3) is 0 Å². The minimum atomic E-state index is -1.29. The Balaban J connectivity index is 1.31. The van der Waals surface area contributed by atoms with E-state index in [4.69, 9.17) is 4.74 Å². The molecule has 358 valence electrons. The minimum Gasteiger partial charge on any atom is -0.481 e. The van der Waals surface area contributed by atoms with E-state index >= 15 is 0 Å². The highest BCUT2D eigenvalue weighted by molar-refractivity contribution is 5.74. The van der Waals surface area contributed by atoms with Crippen LogP contribution in [0.3, 0.4) is 0 Å². The molecule has 4 rings (SSSR count). The summed E-state index contributed by atoms with van der Waals surface area (Å²) in [6.07, 6.45) is 4.07. The molecule has 1 amide bonds. The molecule has 0 saturated heterocycles. The number of aliphatic hydroxyl groups excluding tert-OH is 2. The van der Waals surface area contributed by atoms with Crippen molar-refractivity contribution in [3.05, 3.63) is 0 Å². The molecule has 4 aliphatic rings. The number of carboxylic acid groups (broad SMARTS) is 6. The van der Waals surface area contributed by atoms with Crippen molar-refractivity contribution in [2.45, 2.75) is 122 Å². The predicted molar refractivity (Wildman–Crippen MR) is 223 cm³/mol. The molecule has 0 spiro atoms. The van der Waals surface area contributed by atoms with Crippen molar-refractivity contribution in [3.63, 3.8) is 0 Å². The number of hydrogen-bond donors (Lipinski definition) is 9. The van der Waals surface area contributed by atoms with Gasteiger partial charge in [0, 0.05) is 39.1 Å². The summed E-state index contributed by atoms with van der Waals surface area (Å²) in [5.41, 5.74) is -0.571. The lowest BCUT2D eigenvalue weighted by atomic mass is 9.43. The lowest BCUT2D eigenvalue weighted by Gasteiger charge is -2.63. The molecular formula is C43H70N4O16. The van der Waals surface area contributed by atoms with E-state index in [1.54, 1.807) is 0 Å². The van der Waals surface area contributed by atoms with Gasteiger partial charge in [-0.15, -0.1) is 0 Å². The molecule has 4 aliphatic carbocycles. The van der Waals surface area contributed by atoms with Crippen LogP contribution in [0.2, 0.25) is 0 Å². The second-order valence-corrected chi connectivity index (χ2v) is 19.1. The summed E-state index contributed by atoms with van der Waals surface area (Å²) in [7, 11) is 0. The van der Waals surface area contributed by atoms with E-state index in [9.17, 15) is 74.4 Å². The fraction of sp³-hybridized carbons (Fsp3) is 0.837. The van der Waals surface area contributed by atoms with Crippen LogP contribution in [-0.2, 0) is 33.5 Å². The second-order valence-electron chi connectivity index (χ2n) is 19.1. The molecule has 9 N–H and O–H groups in total. The van der Waals surface area contributed by atoms with Gasteiger partial charge in [0.1, 0.15) is 12.1 Å². The summed E-state index contributed by atoms with van der Waals surface area (Å²) < 4.78 is 5.86. The van der Waals surface area contributed by atoms with Crippen LogP contribution in [0.25, 0.3) is 0 Å². The maximum Gasteiger partial charge on any atom is 0.407 e. The van der Waals surface area contributed by atoms with Crippen molar-refractivity contribution in [2.75, 3.05) is 58.9 Å². The third kappa shape index (κ3) is 13.5. The smallest absolute Gasteiger partial charge is 0.407 e.